The van der Waals surface area contributed by atoms with E-state index in [1.807, 2.05) is 45.0 Å². The third kappa shape index (κ3) is 2.92. The molecule has 0 aliphatic carbocycles. The van der Waals surface area contributed by atoms with Crippen LogP contribution in [0.4, 0.5) is 0 Å². The van der Waals surface area contributed by atoms with E-state index in [9.17, 15) is 4.79 Å². The molecule has 1 heteroatoms. The molecule has 0 saturated heterocycles. The Kier molecular flexibility index (Phi) is 3.67. The van der Waals surface area contributed by atoms with Crippen molar-refractivity contribution in [3.63, 3.8) is 0 Å². The second kappa shape index (κ2) is 4.61. The number of Topliss-reactive ketones (excluding diaryl/α,β-unsaturated/α-hetero) is 1. The molecule has 1 nitrogen and oxygen atoms in total. The number of rotatable bonds is 4. The van der Waals surface area contributed by atoms with Gasteiger partial charge in [-0.15, -0.1) is 0 Å². The van der Waals surface area contributed by atoms with E-state index in [0.29, 0.717) is 0 Å². The van der Waals surface area contributed by atoms with Crippen molar-refractivity contribution in [2.75, 3.05) is 0 Å². The summed E-state index contributed by atoms with van der Waals surface area (Å²) >= 11 is 0. The Morgan fingerprint density at radius 1 is 1.20 bits per heavy atom. The van der Waals surface area contributed by atoms with Crippen molar-refractivity contribution in [3.8, 4) is 0 Å². The normalized spacial score (nSPS) is 11.5. The van der Waals surface area contributed by atoms with Crippen molar-refractivity contribution in [2.24, 2.45) is 5.41 Å². The average Bonchev–Trinajstić information content (AvgIpc) is 2.18. The van der Waals surface area contributed by atoms with Gasteiger partial charge in [0.25, 0.3) is 0 Å². The van der Waals surface area contributed by atoms with Gasteiger partial charge in [-0.2, -0.15) is 0 Å². The van der Waals surface area contributed by atoms with Crippen molar-refractivity contribution in [2.45, 2.75) is 40.5 Å². The molecule has 82 valence electrons. The van der Waals surface area contributed by atoms with E-state index in [-0.39, 0.29) is 11.2 Å². The molecule has 0 atom stereocenters. The van der Waals surface area contributed by atoms with Crippen molar-refractivity contribution in [1.82, 2.24) is 0 Å². The molecule has 1 rings (SSSR count). The lowest BCUT2D eigenvalue weighted by Crippen LogP contribution is -2.24. The predicted molar refractivity (Wildman–Crippen MR) is 64.2 cm³/mol. The van der Waals surface area contributed by atoms with Crippen LogP contribution in [0.15, 0.2) is 24.3 Å². The van der Waals surface area contributed by atoms with E-state index in [4.69, 9.17) is 0 Å². The lowest BCUT2D eigenvalue weighted by atomic mass is 9.80. The highest BCUT2D eigenvalue weighted by Gasteiger charge is 2.27. The summed E-state index contributed by atoms with van der Waals surface area (Å²) in [5, 5.41) is 0. The first kappa shape index (κ1) is 12.0. The van der Waals surface area contributed by atoms with Crippen LogP contribution >= 0.6 is 0 Å². The van der Waals surface area contributed by atoms with Crippen LogP contribution < -0.4 is 0 Å². The number of hydrogen-bond donors (Lipinski definition) is 0. The van der Waals surface area contributed by atoms with Crippen LogP contribution in [-0.4, -0.2) is 5.78 Å². The Morgan fingerprint density at radius 2 is 1.73 bits per heavy atom. The lowest BCUT2D eigenvalue weighted by Gasteiger charge is -2.22. The van der Waals surface area contributed by atoms with Gasteiger partial charge in [-0.3, -0.25) is 4.79 Å². The Hall–Kier alpha value is -1.11. The maximum atomic E-state index is 12.2. The first-order valence-electron chi connectivity index (χ1n) is 5.59. The molecule has 0 radical (unpaired) electrons. The van der Waals surface area contributed by atoms with Gasteiger partial charge in [0.05, 0.1) is 0 Å². The molecule has 0 bridgehead atoms. The van der Waals surface area contributed by atoms with Crippen LogP contribution in [0.1, 0.15) is 49.5 Å². The first-order valence-corrected chi connectivity index (χ1v) is 5.59. The molecule has 0 N–H and O–H groups in total. The monoisotopic (exact) mass is 204 g/mol. The molecule has 0 fully saturated rings. The Labute approximate surface area is 92.5 Å². The minimum atomic E-state index is -0.232. The SMILES string of the molecule is CCCC(C)(C)C(=O)c1ccc(C)cc1. The Morgan fingerprint density at radius 3 is 2.20 bits per heavy atom. The van der Waals surface area contributed by atoms with Crippen LogP contribution in [0.25, 0.3) is 0 Å². The van der Waals surface area contributed by atoms with E-state index in [2.05, 4.69) is 6.92 Å². The van der Waals surface area contributed by atoms with Gasteiger partial charge in [-0.1, -0.05) is 57.0 Å². The van der Waals surface area contributed by atoms with E-state index >= 15 is 0 Å². The van der Waals surface area contributed by atoms with E-state index in [1.165, 1.54) is 5.56 Å². The molecular weight excluding hydrogens is 184 g/mol. The molecule has 0 spiro atoms. The van der Waals surface area contributed by atoms with Crippen molar-refractivity contribution >= 4 is 5.78 Å². The van der Waals surface area contributed by atoms with Crippen LogP contribution in [0.3, 0.4) is 0 Å². The minimum absolute atomic E-state index is 0.232. The van der Waals surface area contributed by atoms with E-state index in [1.54, 1.807) is 0 Å². The number of ketones is 1. The third-order valence-electron chi connectivity index (χ3n) is 2.80. The highest BCUT2D eigenvalue weighted by molar-refractivity contribution is 6.00. The molecule has 0 heterocycles. The first-order chi connectivity index (χ1) is 6.97. The molecular formula is C14H20O. The van der Waals surface area contributed by atoms with Gasteiger partial charge in [-0.05, 0) is 13.3 Å². The Bertz CT molecular complexity index is 333. The smallest absolute Gasteiger partial charge is 0.168 e. The second-order valence-electron chi connectivity index (χ2n) is 4.83. The zero-order chi connectivity index (χ0) is 11.5. The molecule has 0 unspecified atom stereocenters. The molecule has 0 aromatic heterocycles. The molecule has 0 saturated carbocycles. The number of aryl methyl sites for hydroxylation is 1. The van der Waals surface area contributed by atoms with E-state index in [0.717, 1.165) is 18.4 Å². The second-order valence-corrected chi connectivity index (χ2v) is 4.83. The van der Waals surface area contributed by atoms with Crippen molar-refractivity contribution < 1.29 is 4.79 Å². The quantitative estimate of drug-likeness (QED) is 0.677. The van der Waals surface area contributed by atoms with Gasteiger partial charge < -0.3 is 0 Å². The van der Waals surface area contributed by atoms with Crippen LogP contribution in [0, 0.1) is 12.3 Å². The number of benzene rings is 1. The predicted octanol–water partition coefficient (Wildman–Crippen LogP) is 4.00. The zero-order valence-corrected chi connectivity index (χ0v) is 10.1. The maximum Gasteiger partial charge on any atom is 0.168 e. The largest absolute Gasteiger partial charge is 0.294 e. The highest BCUT2D eigenvalue weighted by atomic mass is 16.1. The summed E-state index contributed by atoms with van der Waals surface area (Å²) in [7, 11) is 0. The fraction of sp³-hybridized carbons (Fsp3) is 0.500. The summed E-state index contributed by atoms with van der Waals surface area (Å²) in [6.07, 6.45) is 1.99. The van der Waals surface area contributed by atoms with Gasteiger partial charge in [0.2, 0.25) is 0 Å². The summed E-state index contributed by atoms with van der Waals surface area (Å²) in [6, 6.07) is 7.84. The highest BCUT2D eigenvalue weighted by Crippen LogP contribution is 2.27. The topological polar surface area (TPSA) is 17.1 Å². The fourth-order valence-electron chi connectivity index (χ4n) is 1.83. The van der Waals surface area contributed by atoms with Crippen LogP contribution in [0.5, 0.6) is 0 Å². The summed E-state index contributed by atoms with van der Waals surface area (Å²) in [4.78, 5) is 12.2. The van der Waals surface area contributed by atoms with Gasteiger partial charge in [0, 0.05) is 11.0 Å². The molecule has 0 amide bonds. The van der Waals surface area contributed by atoms with Gasteiger partial charge in [-0.25, -0.2) is 0 Å². The van der Waals surface area contributed by atoms with Crippen molar-refractivity contribution in [1.29, 1.82) is 0 Å². The molecule has 0 aliphatic rings. The number of hydrogen-bond acceptors (Lipinski definition) is 1. The minimum Gasteiger partial charge on any atom is -0.294 e. The standard InChI is InChI=1S/C14H20O/c1-5-10-14(3,4)13(15)12-8-6-11(2)7-9-12/h6-9H,5,10H2,1-4H3. The van der Waals surface area contributed by atoms with Gasteiger partial charge in [0.1, 0.15) is 0 Å². The number of carbonyl (C=O) groups is 1. The molecule has 1 aromatic rings. The fourth-order valence-corrected chi connectivity index (χ4v) is 1.83. The molecule has 15 heavy (non-hydrogen) atoms. The summed E-state index contributed by atoms with van der Waals surface area (Å²) < 4.78 is 0. The van der Waals surface area contributed by atoms with Crippen molar-refractivity contribution in [3.05, 3.63) is 35.4 Å². The van der Waals surface area contributed by atoms with Gasteiger partial charge in [0.15, 0.2) is 5.78 Å². The Balaban J connectivity index is 2.89. The number of carbonyl (C=O) groups excluding carboxylic acids is 1. The van der Waals surface area contributed by atoms with Gasteiger partial charge >= 0.3 is 0 Å². The molecule has 0 aliphatic heterocycles. The summed E-state index contributed by atoms with van der Waals surface area (Å²) in [6.45, 7) is 8.20. The van der Waals surface area contributed by atoms with Crippen LogP contribution in [0.2, 0.25) is 0 Å². The molecule has 1 aromatic carbocycles. The zero-order valence-electron chi connectivity index (χ0n) is 10.1. The maximum absolute atomic E-state index is 12.2. The van der Waals surface area contributed by atoms with E-state index < -0.39 is 0 Å². The average molecular weight is 204 g/mol. The lowest BCUT2D eigenvalue weighted by molar-refractivity contribution is 0.0825. The summed E-state index contributed by atoms with van der Waals surface area (Å²) in [5.74, 6) is 0.254. The summed E-state index contributed by atoms with van der Waals surface area (Å²) in [5.41, 5.74) is 1.79. The third-order valence-corrected chi connectivity index (χ3v) is 2.80. The van der Waals surface area contributed by atoms with Crippen LogP contribution in [-0.2, 0) is 0 Å².